The smallest absolute Gasteiger partial charge is 0.410 e. The van der Waals surface area contributed by atoms with Crippen molar-refractivity contribution >= 4 is 65.3 Å². The lowest BCUT2D eigenvalue weighted by Gasteiger charge is -2.40. The first-order valence-corrected chi connectivity index (χ1v) is 24.6. The number of hydrogen-bond acceptors (Lipinski definition) is 7. The predicted molar refractivity (Wildman–Crippen MR) is 229 cm³/mol. The Balaban J connectivity index is 1.43. The first kappa shape index (κ1) is 41.0. The molecular formula is C44H47Cl2FN6O5Si. The van der Waals surface area contributed by atoms with E-state index < -0.39 is 37.7 Å². The van der Waals surface area contributed by atoms with Gasteiger partial charge in [-0.3, -0.25) is 9.88 Å². The zero-order valence-corrected chi connectivity index (χ0v) is 36.2. The molecule has 2 bridgehead atoms. The van der Waals surface area contributed by atoms with Crippen molar-refractivity contribution in [2.75, 3.05) is 19.7 Å². The molecule has 2 amide bonds. The van der Waals surface area contributed by atoms with Crippen molar-refractivity contribution < 1.29 is 28.9 Å². The van der Waals surface area contributed by atoms with Crippen molar-refractivity contribution in [3.8, 4) is 28.5 Å². The largest absolute Gasteiger partial charge is 0.465 e. The molecule has 2 N–H and O–H groups in total. The fourth-order valence-electron chi connectivity index (χ4n) is 9.24. The first-order chi connectivity index (χ1) is 28.0. The van der Waals surface area contributed by atoms with Gasteiger partial charge in [-0.25, -0.2) is 19.0 Å². The molecule has 308 valence electrons. The number of aromatic nitrogens is 3. The Morgan fingerprint density at radius 3 is 2.56 bits per heavy atom. The second kappa shape index (κ2) is 15.4. The molecule has 6 heterocycles. The Labute approximate surface area is 353 Å². The van der Waals surface area contributed by atoms with Crippen LogP contribution in [0.2, 0.25) is 35.7 Å². The van der Waals surface area contributed by atoms with Gasteiger partial charge in [0.05, 0.1) is 57.8 Å². The number of aryl methyl sites for hydroxylation is 1. The van der Waals surface area contributed by atoms with E-state index in [0.29, 0.717) is 76.9 Å². The number of pyridine rings is 2. The molecule has 5 aromatic rings. The molecule has 2 aromatic carbocycles. The Kier molecular flexibility index (Phi) is 10.7. The van der Waals surface area contributed by atoms with Gasteiger partial charge in [0.15, 0.2) is 5.82 Å². The highest BCUT2D eigenvalue weighted by molar-refractivity contribution is 6.76. The van der Waals surface area contributed by atoms with Gasteiger partial charge in [-0.15, -0.1) is 0 Å². The Bertz CT molecular complexity index is 2550. The lowest BCUT2D eigenvalue weighted by Crippen LogP contribution is -2.43. The van der Waals surface area contributed by atoms with Gasteiger partial charge in [0, 0.05) is 72.9 Å². The van der Waals surface area contributed by atoms with E-state index in [1.54, 1.807) is 55.3 Å². The van der Waals surface area contributed by atoms with Gasteiger partial charge in [-0.2, -0.15) is 5.26 Å². The Morgan fingerprint density at radius 2 is 1.90 bits per heavy atom. The van der Waals surface area contributed by atoms with Crippen molar-refractivity contribution in [3.63, 3.8) is 0 Å². The maximum Gasteiger partial charge on any atom is 0.410 e. The van der Waals surface area contributed by atoms with E-state index >= 15 is 4.39 Å². The number of fused-ring (bicyclic) bond motifs is 4. The third-order valence-corrected chi connectivity index (χ3v) is 14.7. The van der Waals surface area contributed by atoms with Gasteiger partial charge in [0.25, 0.3) is 0 Å². The van der Waals surface area contributed by atoms with Gasteiger partial charge in [0.2, 0.25) is 0 Å². The molecule has 1 aliphatic carbocycles. The van der Waals surface area contributed by atoms with Gasteiger partial charge >= 0.3 is 12.2 Å². The maximum absolute atomic E-state index is 17.8. The number of nitrogens with zero attached hydrogens (tertiary/aromatic N) is 6. The Morgan fingerprint density at radius 1 is 1.12 bits per heavy atom. The highest BCUT2D eigenvalue weighted by atomic mass is 35.5. The van der Waals surface area contributed by atoms with Crippen molar-refractivity contribution in [1.29, 1.82) is 5.26 Å². The third-order valence-electron chi connectivity index (χ3n) is 12.2. The molecule has 0 radical (unpaired) electrons. The SMILES string of the molecule is CC(C)(O)c1ccc(-c2nc3c(F)c(-c4cccc(Cl)c4Cl)c(CCC#N)cc3c3c2cc([C@H]2CCCN2C(=O)OCC[Si](C)(C)C)n3[C@H]2[C@@H]3C[C@H]2N(C(=O)O)C3)cn1. The van der Waals surface area contributed by atoms with Crippen LogP contribution in [0.3, 0.4) is 0 Å². The Hall–Kier alpha value is -4.74. The molecule has 0 unspecified atom stereocenters. The summed E-state index contributed by atoms with van der Waals surface area (Å²) in [6, 6.07) is 14.4. The summed E-state index contributed by atoms with van der Waals surface area (Å²) in [6.45, 7) is 11.2. The number of carboxylic acid groups (broad SMARTS) is 1. The molecule has 9 rings (SSSR count). The second-order valence-electron chi connectivity index (χ2n) is 17.8. The molecule has 3 saturated heterocycles. The van der Waals surface area contributed by atoms with Crippen LogP contribution in [0, 0.1) is 23.1 Å². The van der Waals surface area contributed by atoms with Crippen LogP contribution in [0.25, 0.3) is 44.2 Å². The van der Waals surface area contributed by atoms with Gasteiger partial charge in [-0.05, 0) is 81.5 Å². The highest BCUT2D eigenvalue weighted by Crippen LogP contribution is 2.54. The number of hydrogen-bond donors (Lipinski definition) is 2. The molecule has 1 saturated carbocycles. The van der Waals surface area contributed by atoms with Crippen LogP contribution in [0.4, 0.5) is 14.0 Å². The second-order valence-corrected chi connectivity index (χ2v) is 24.2. The van der Waals surface area contributed by atoms with E-state index in [9.17, 15) is 25.1 Å². The summed E-state index contributed by atoms with van der Waals surface area (Å²) >= 11 is 13.2. The van der Waals surface area contributed by atoms with E-state index in [-0.39, 0.29) is 52.0 Å². The molecule has 3 aliphatic heterocycles. The number of amides is 2. The maximum atomic E-state index is 17.8. The number of rotatable bonds is 10. The minimum Gasteiger partial charge on any atom is -0.465 e. The molecule has 4 atom stereocenters. The summed E-state index contributed by atoms with van der Waals surface area (Å²) in [5, 5.41) is 32.3. The van der Waals surface area contributed by atoms with Crippen LogP contribution in [0.5, 0.6) is 0 Å². The summed E-state index contributed by atoms with van der Waals surface area (Å²) in [7, 11) is -1.48. The summed E-state index contributed by atoms with van der Waals surface area (Å²) in [5.41, 5.74) is 2.82. The number of carbonyl (C=O) groups is 2. The lowest BCUT2D eigenvalue weighted by molar-refractivity contribution is 0.0738. The predicted octanol–water partition coefficient (Wildman–Crippen LogP) is 10.6. The fraction of sp³-hybridized carbons (Fsp3) is 0.432. The van der Waals surface area contributed by atoms with E-state index in [2.05, 4.69) is 35.3 Å². The van der Waals surface area contributed by atoms with Crippen molar-refractivity contribution in [3.05, 3.63) is 81.5 Å². The third kappa shape index (κ3) is 7.32. The number of ether oxygens (including phenoxy) is 1. The van der Waals surface area contributed by atoms with Crippen LogP contribution in [0.15, 0.2) is 48.7 Å². The van der Waals surface area contributed by atoms with Crippen LogP contribution in [0.1, 0.15) is 68.6 Å². The number of benzene rings is 2. The van der Waals surface area contributed by atoms with Gasteiger partial charge < -0.3 is 24.4 Å². The quantitative estimate of drug-likeness (QED) is 0.132. The van der Waals surface area contributed by atoms with E-state index in [0.717, 1.165) is 18.2 Å². The zero-order chi connectivity index (χ0) is 42.1. The lowest BCUT2D eigenvalue weighted by atomic mass is 9.79. The molecular weight excluding hydrogens is 811 g/mol. The summed E-state index contributed by atoms with van der Waals surface area (Å²) in [6.07, 6.45) is 2.60. The summed E-state index contributed by atoms with van der Waals surface area (Å²) < 4.78 is 25.9. The van der Waals surface area contributed by atoms with Gasteiger partial charge in [-0.1, -0.05) is 55.0 Å². The van der Waals surface area contributed by atoms with Crippen LogP contribution in [-0.4, -0.2) is 80.5 Å². The van der Waals surface area contributed by atoms with Crippen molar-refractivity contribution in [2.24, 2.45) is 5.92 Å². The summed E-state index contributed by atoms with van der Waals surface area (Å²) in [4.78, 5) is 39.4. The molecule has 4 fully saturated rings. The molecule has 11 nitrogen and oxygen atoms in total. The summed E-state index contributed by atoms with van der Waals surface area (Å²) in [5.74, 6) is -0.661. The van der Waals surface area contributed by atoms with E-state index in [1.165, 1.54) is 4.90 Å². The van der Waals surface area contributed by atoms with E-state index in [1.807, 2.05) is 12.1 Å². The topological polar surface area (TPSA) is 145 Å². The normalized spacial score (nSPS) is 20.3. The molecule has 0 spiro atoms. The average Bonchev–Trinajstić information content (AvgIpc) is 3.98. The van der Waals surface area contributed by atoms with E-state index in [4.69, 9.17) is 32.9 Å². The fourth-order valence-corrected chi connectivity index (χ4v) is 10.3. The average molecular weight is 858 g/mol. The first-order valence-electron chi connectivity index (χ1n) is 20.1. The minimum absolute atomic E-state index is 0.0177. The van der Waals surface area contributed by atoms with Crippen molar-refractivity contribution in [2.45, 2.75) is 95.4 Å². The van der Waals surface area contributed by atoms with Crippen LogP contribution >= 0.6 is 23.2 Å². The van der Waals surface area contributed by atoms with Crippen molar-refractivity contribution in [1.82, 2.24) is 24.3 Å². The minimum atomic E-state index is -1.48. The number of carbonyl (C=O) groups excluding carboxylic acids is 1. The number of aliphatic hydroxyl groups is 1. The molecule has 4 aliphatic rings. The van der Waals surface area contributed by atoms with Crippen LogP contribution in [-0.2, 0) is 16.8 Å². The molecule has 59 heavy (non-hydrogen) atoms. The highest BCUT2D eigenvalue weighted by Gasteiger charge is 2.56. The standard InChI is InChI=1S/C44H47Cl2FN6O5Si/c1-44(2,57)34-14-13-25(22-49-34)38-29-21-32(31-12-8-16-51(31)43(56)58-17-18-59(3,4)5)53(40-26-20-33(40)52(23-26)42(54)55)41(29)28-19-24(9-7-15-48)35(37(47)39(28)50-38)27-10-6-11-30(45)36(27)46/h6,10-11,13-14,19,21-22,26,31,33,40,57H,7-9,12,16-18,20,23H2,1-5H3,(H,54,55)/t26-,31-,33-,40+/m1/s1. The monoisotopic (exact) mass is 856 g/mol. The van der Waals surface area contributed by atoms with Crippen LogP contribution < -0.4 is 0 Å². The number of nitriles is 1. The molecule has 3 aromatic heterocycles. The number of likely N-dealkylation sites (tertiary alicyclic amines) is 1. The van der Waals surface area contributed by atoms with Gasteiger partial charge in [0.1, 0.15) is 11.1 Å². The zero-order valence-electron chi connectivity index (χ0n) is 33.7. The molecule has 15 heteroatoms. The number of halogens is 3.